The molecule has 0 aliphatic rings. The van der Waals surface area contributed by atoms with Gasteiger partial charge in [0.15, 0.2) is 5.75 Å². The lowest BCUT2D eigenvalue weighted by atomic mass is 10.2. The first-order valence-corrected chi connectivity index (χ1v) is 10.6. The van der Waals surface area contributed by atoms with Gasteiger partial charge in [-0.3, -0.25) is 20.2 Å². The van der Waals surface area contributed by atoms with Crippen LogP contribution < -0.4 is 9.47 Å². The summed E-state index contributed by atoms with van der Waals surface area (Å²) in [5.74, 6) is -2.05. The standard InChI is InChI=1S/C20H9Br2ClN2O8/c21-13-4-1-10(7-16(13)24(28)29)19(26)32-12-3-6-15(23)18(9-12)33-20(27)11-2-5-14(22)17(8-11)25(30)31/h1-9H. The van der Waals surface area contributed by atoms with E-state index in [4.69, 9.17) is 21.1 Å². The fraction of sp³-hybridized carbons (Fsp3) is 0. The molecule has 0 N–H and O–H groups in total. The van der Waals surface area contributed by atoms with Crippen LogP contribution in [0.15, 0.2) is 63.5 Å². The van der Waals surface area contributed by atoms with Crippen LogP contribution in [-0.2, 0) is 0 Å². The van der Waals surface area contributed by atoms with E-state index < -0.39 is 21.8 Å². The van der Waals surface area contributed by atoms with Crippen LogP contribution in [0.1, 0.15) is 20.7 Å². The second-order valence-electron chi connectivity index (χ2n) is 6.22. The summed E-state index contributed by atoms with van der Waals surface area (Å²) < 4.78 is 10.8. The average Bonchev–Trinajstić information content (AvgIpc) is 2.76. The van der Waals surface area contributed by atoms with Crippen molar-refractivity contribution < 1.29 is 28.9 Å². The predicted molar refractivity (Wildman–Crippen MR) is 123 cm³/mol. The van der Waals surface area contributed by atoms with Gasteiger partial charge in [0.1, 0.15) is 5.75 Å². The predicted octanol–water partition coefficient (Wildman–Crippen LogP) is 6.12. The zero-order valence-electron chi connectivity index (χ0n) is 16.0. The van der Waals surface area contributed by atoms with Crippen LogP contribution in [0.5, 0.6) is 11.5 Å². The van der Waals surface area contributed by atoms with Crippen LogP contribution in [-0.4, -0.2) is 21.8 Å². The van der Waals surface area contributed by atoms with Crippen molar-refractivity contribution in [2.75, 3.05) is 0 Å². The number of carbonyl (C=O) groups is 2. The van der Waals surface area contributed by atoms with E-state index >= 15 is 0 Å². The molecular formula is C20H9Br2ClN2O8. The minimum Gasteiger partial charge on any atom is -0.423 e. The largest absolute Gasteiger partial charge is 0.423 e. The molecule has 3 rings (SSSR count). The quantitative estimate of drug-likeness (QED) is 0.143. The van der Waals surface area contributed by atoms with Crippen LogP contribution in [0.25, 0.3) is 0 Å². The minimum atomic E-state index is -0.931. The number of hydrogen-bond donors (Lipinski definition) is 0. The lowest BCUT2D eigenvalue weighted by molar-refractivity contribution is -0.385. The smallest absolute Gasteiger partial charge is 0.343 e. The van der Waals surface area contributed by atoms with Gasteiger partial charge in [0, 0.05) is 18.2 Å². The van der Waals surface area contributed by atoms with Crippen LogP contribution in [0.3, 0.4) is 0 Å². The molecule has 0 aliphatic heterocycles. The molecule has 3 aromatic carbocycles. The van der Waals surface area contributed by atoms with Gasteiger partial charge >= 0.3 is 11.9 Å². The highest BCUT2D eigenvalue weighted by atomic mass is 79.9. The number of carbonyl (C=O) groups excluding carboxylic acids is 2. The molecule has 0 heterocycles. The Bertz CT molecular complexity index is 1320. The molecule has 13 heteroatoms. The molecule has 0 aromatic heterocycles. The number of benzene rings is 3. The highest BCUT2D eigenvalue weighted by molar-refractivity contribution is 9.11. The molecule has 10 nitrogen and oxygen atoms in total. The van der Waals surface area contributed by atoms with Crippen molar-refractivity contribution >= 4 is 66.8 Å². The Morgan fingerprint density at radius 1 is 0.758 bits per heavy atom. The number of nitro benzene ring substituents is 2. The molecule has 0 bridgehead atoms. The fourth-order valence-electron chi connectivity index (χ4n) is 2.51. The number of rotatable bonds is 6. The Hall–Kier alpha value is -3.35. The summed E-state index contributed by atoms with van der Waals surface area (Å²) in [5, 5.41) is 22.1. The van der Waals surface area contributed by atoms with Gasteiger partial charge in [0.25, 0.3) is 11.4 Å². The van der Waals surface area contributed by atoms with Crippen molar-refractivity contribution in [2.24, 2.45) is 0 Å². The molecule has 0 spiro atoms. The molecule has 0 aliphatic carbocycles. The Morgan fingerprint density at radius 3 is 1.73 bits per heavy atom. The summed E-state index contributed by atoms with van der Waals surface area (Å²) in [7, 11) is 0. The normalized spacial score (nSPS) is 10.4. The molecule has 33 heavy (non-hydrogen) atoms. The van der Waals surface area contributed by atoms with E-state index in [1.54, 1.807) is 0 Å². The van der Waals surface area contributed by atoms with Gasteiger partial charge in [-0.15, -0.1) is 0 Å². The van der Waals surface area contributed by atoms with Gasteiger partial charge in [-0.05, 0) is 68.3 Å². The van der Waals surface area contributed by atoms with E-state index in [1.807, 2.05) is 0 Å². The first-order chi connectivity index (χ1) is 15.6. The number of nitrogens with zero attached hydrogens (tertiary/aromatic N) is 2. The van der Waals surface area contributed by atoms with Crippen molar-refractivity contribution in [2.45, 2.75) is 0 Å². The van der Waals surface area contributed by atoms with E-state index in [0.29, 0.717) is 0 Å². The highest BCUT2D eigenvalue weighted by Gasteiger charge is 2.20. The Labute approximate surface area is 206 Å². The summed E-state index contributed by atoms with van der Waals surface area (Å²) in [5.41, 5.74) is -0.841. The maximum absolute atomic E-state index is 12.4. The zero-order valence-corrected chi connectivity index (χ0v) is 19.9. The van der Waals surface area contributed by atoms with E-state index in [9.17, 15) is 29.8 Å². The third kappa shape index (κ3) is 5.72. The van der Waals surface area contributed by atoms with Crippen LogP contribution >= 0.6 is 43.5 Å². The van der Waals surface area contributed by atoms with E-state index in [0.717, 1.165) is 12.1 Å². The number of hydrogen-bond acceptors (Lipinski definition) is 8. The molecule has 0 radical (unpaired) electrons. The summed E-state index contributed by atoms with van der Waals surface area (Å²) in [6.07, 6.45) is 0. The summed E-state index contributed by atoms with van der Waals surface area (Å²) in [6, 6.07) is 11.2. The second-order valence-corrected chi connectivity index (χ2v) is 8.33. The van der Waals surface area contributed by atoms with Gasteiger partial charge in [-0.2, -0.15) is 0 Å². The lowest BCUT2D eigenvalue weighted by Gasteiger charge is -2.10. The maximum atomic E-state index is 12.4. The molecule has 0 amide bonds. The van der Waals surface area contributed by atoms with Crippen molar-refractivity contribution in [3.8, 4) is 11.5 Å². The summed E-state index contributed by atoms with van der Waals surface area (Å²) in [4.78, 5) is 45.6. The van der Waals surface area contributed by atoms with E-state index in [-0.39, 0.29) is 48.0 Å². The second kappa shape index (κ2) is 10.1. The summed E-state index contributed by atoms with van der Waals surface area (Å²) >= 11 is 12.1. The van der Waals surface area contributed by atoms with Crippen molar-refractivity contribution in [3.05, 3.63) is 99.9 Å². The van der Waals surface area contributed by atoms with Crippen molar-refractivity contribution in [1.29, 1.82) is 0 Å². The molecule has 168 valence electrons. The highest BCUT2D eigenvalue weighted by Crippen LogP contribution is 2.32. The van der Waals surface area contributed by atoms with Gasteiger partial charge < -0.3 is 9.47 Å². The molecular weight excluding hydrogens is 591 g/mol. The Balaban J connectivity index is 1.81. The average molecular weight is 601 g/mol. The Morgan fingerprint density at radius 2 is 1.24 bits per heavy atom. The zero-order chi connectivity index (χ0) is 24.3. The van der Waals surface area contributed by atoms with Gasteiger partial charge in [-0.25, -0.2) is 9.59 Å². The molecule has 0 saturated carbocycles. The minimum absolute atomic E-state index is 0.00837. The number of nitro groups is 2. The SMILES string of the molecule is O=C(Oc1ccc(Cl)c(OC(=O)c2ccc(Br)c([N+](=O)[O-])c2)c1)c1ccc(Br)c([N+](=O)[O-])c1. The maximum Gasteiger partial charge on any atom is 0.343 e. The molecule has 0 atom stereocenters. The Kier molecular flexibility index (Phi) is 7.41. The number of ether oxygens (including phenoxy) is 2. The fourth-order valence-corrected chi connectivity index (χ4v) is 3.45. The third-order valence-electron chi connectivity index (χ3n) is 4.07. The first-order valence-electron chi connectivity index (χ1n) is 8.68. The number of esters is 2. The molecule has 0 saturated heterocycles. The van der Waals surface area contributed by atoms with Crippen LogP contribution in [0.2, 0.25) is 5.02 Å². The van der Waals surface area contributed by atoms with Crippen LogP contribution in [0.4, 0.5) is 11.4 Å². The van der Waals surface area contributed by atoms with Gasteiger partial charge in [0.2, 0.25) is 0 Å². The third-order valence-corrected chi connectivity index (χ3v) is 5.73. The first kappa shape index (κ1) is 24.3. The lowest BCUT2D eigenvalue weighted by Crippen LogP contribution is -2.11. The van der Waals surface area contributed by atoms with Crippen LogP contribution in [0, 0.1) is 20.2 Å². The van der Waals surface area contributed by atoms with E-state index in [1.165, 1.54) is 42.5 Å². The van der Waals surface area contributed by atoms with E-state index in [2.05, 4.69) is 31.9 Å². The van der Waals surface area contributed by atoms with Crippen molar-refractivity contribution in [3.63, 3.8) is 0 Å². The molecule has 0 fully saturated rings. The molecule has 3 aromatic rings. The summed E-state index contributed by atoms with van der Waals surface area (Å²) in [6.45, 7) is 0. The molecule has 0 unspecified atom stereocenters. The van der Waals surface area contributed by atoms with Gasteiger partial charge in [-0.1, -0.05) is 11.6 Å². The van der Waals surface area contributed by atoms with Crippen molar-refractivity contribution in [1.82, 2.24) is 0 Å². The topological polar surface area (TPSA) is 139 Å². The monoisotopic (exact) mass is 598 g/mol. The van der Waals surface area contributed by atoms with Gasteiger partial charge in [0.05, 0.1) is 34.9 Å². The number of halogens is 3.